The number of nitro groups is 1. The third kappa shape index (κ3) is 1.78. The van der Waals surface area contributed by atoms with Crippen LogP contribution in [0, 0.1) is 10.1 Å². The normalized spacial score (nSPS) is 30.4. The van der Waals surface area contributed by atoms with Gasteiger partial charge in [0.05, 0.1) is 4.92 Å². The van der Waals surface area contributed by atoms with Gasteiger partial charge in [-0.1, -0.05) is 0 Å². The van der Waals surface area contributed by atoms with Crippen molar-refractivity contribution in [3.05, 3.63) is 33.9 Å². The zero-order valence-corrected chi connectivity index (χ0v) is 11.4. The maximum atomic E-state index is 10.8. The van der Waals surface area contributed by atoms with Crippen LogP contribution in [0.3, 0.4) is 0 Å². The molecular weight excluding hydrogens is 266 g/mol. The summed E-state index contributed by atoms with van der Waals surface area (Å²) >= 11 is 0. The van der Waals surface area contributed by atoms with E-state index in [-0.39, 0.29) is 17.9 Å². The Morgan fingerprint density at radius 3 is 2.70 bits per heavy atom. The van der Waals surface area contributed by atoms with Crippen LogP contribution in [0.15, 0.2) is 18.2 Å². The smallest absolute Gasteiger partial charge is 0.270 e. The van der Waals surface area contributed by atoms with Crippen molar-refractivity contribution in [2.24, 2.45) is 0 Å². The van der Waals surface area contributed by atoms with Gasteiger partial charge in [-0.05, 0) is 13.0 Å². The highest BCUT2D eigenvalue weighted by molar-refractivity contribution is 5.49. The molecule has 20 heavy (non-hydrogen) atoms. The average molecular weight is 281 g/mol. The first-order valence-corrected chi connectivity index (χ1v) is 6.19. The Morgan fingerprint density at radius 1 is 1.40 bits per heavy atom. The molecule has 0 aromatic heterocycles. The van der Waals surface area contributed by atoms with Crippen molar-refractivity contribution in [2.75, 3.05) is 14.2 Å². The molecule has 1 fully saturated rings. The van der Waals surface area contributed by atoms with E-state index in [2.05, 4.69) is 0 Å². The minimum atomic E-state index is -0.780. The van der Waals surface area contributed by atoms with Gasteiger partial charge in [-0.2, -0.15) is 0 Å². The highest BCUT2D eigenvalue weighted by Crippen LogP contribution is 2.55. The Morgan fingerprint density at radius 2 is 2.10 bits per heavy atom. The Kier molecular flexibility index (Phi) is 2.93. The molecule has 0 N–H and O–H groups in total. The Bertz CT molecular complexity index is 558. The predicted octanol–water partition coefficient (Wildman–Crippen LogP) is 1.80. The maximum absolute atomic E-state index is 10.8. The Hall–Kier alpha value is -1.70. The fraction of sp³-hybridized carbons (Fsp3) is 0.538. The molecule has 1 saturated heterocycles. The molecule has 2 aliphatic rings. The van der Waals surface area contributed by atoms with E-state index in [0.717, 1.165) is 0 Å². The van der Waals surface area contributed by atoms with Gasteiger partial charge >= 0.3 is 0 Å². The number of hydrogen-bond donors (Lipinski definition) is 0. The van der Waals surface area contributed by atoms with E-state index in [1.165, 1.54) is 26.4 Å². The summed E-state index contributed by atoms with van der Waals surface area (Å²) in [4.78, 5) is 10.4. The minimum Gasteiger partial charge on any atom is -0.479 e. The number of fused-ring (bicyclic) bond motifs is 3. The van der Waals surface area contributed by atoms with Crippen LogP contribution in [0.25, 0.3) is 0 Å². The van der Waals surface area contributed by atoms with Crippen LogP contribution in [0.2, 0.25) is 0 Å². The number of nitrogens with zero attached hydrogens (tertiary/aromatic N) is 1. The monoisotopic (exact) mass is 281 g/mol. The van der Waals surface area contributed by atoms with Crippen LogP contribution in [-0.4, -0.2) is 37.1 Å². The Labute approximate surface area is 115 Å². The van der Waals surface area contributed by atoms with Crippen LogP contribution < -0.4 is 4.74 Å². The molecule has 7 nitrogen and oxygen atoms in total. The summed E-state index contributed by atoms with van der Waals surface area (Å²) in [5, 5.41) is 10.8. The molecule has 0 amide bonds. The molecule has 3 rings (SSSR count). The molecule has 108 valence electrons. The van der Waals surface area contributed by atoms with E-state index in [4.69, 9.17) is 18.9 Å². The van der Waals surface area contributed by atoms with Gasteiger partial charge in [-0.3, -0.25) is 10.1 Å². The quantitative estimate of drug-likeness (QED) is 0.362. The first kappa shape index (κ1) is 13.3. The first-order chi connectivity index (χ1) is 9.51. The fourth-order valence-corrected chi connectivity index (χ4v) is 2.79. The number of hydrogen-bond acceptors (Lipinski definition) is 6. The molecule has 1 aromatic rings. The summed E-state index contributed by atoms with van der Waals surface area (Å²) in [7, 11) is 3.07. The second-order valence-electron chi connectivity index (χ2n) is 5.05. The lowest BCUT2D eigenvalue weighted by Gasteiger charge is -2.37. The fourth-order valence-electron chi connectivity index (χ4n) is 2.79. The summed E-state index contributed by atoms with van der Waals surface area (Å²) in [6, 6.07) is 4.50. The maximum Gasteiger partial charge on any atom is 0.270 e. The van der Waals surface area contributed by atoms with Gasteiger partial charge in [-0.25, -0.2) is 0 Å². The highest BCUT2D eigenvalue weighted by atomic mass is 16.7. The lowest BCUT2D eigenvalue weighted by Crippen LogP contribution is -2.53. The van der Waals surface area contributed by atoms with Crippen LogP contribution in [0.1, 0.15) is 18.6 Å². The van der Waals surface area contributed by atoms with E-state index >= 15 is 0 Å². The summed E-state index contributed by atoms with van der Waals surface area (Å²) in [6.07, 6.45) is -1.03. The van der Waals surface area contributed by atoms with Gasteiger partial charge in [-0.15, -0.1) is 0 Å². The van der Waals surface area contributed by atoms with Crippen LogP contribution in [0.4, 0.5) is 5.69 Å². The van der Waals surface area contributed by atoms with Gasteiger partial charge < -0.3 is 18.9 Å². The molecule has 3 atom stereocenters. The van der Waals surface area contributed by atoms with Crippen molar-refractivity contribution >= 4 is 5.69 Å². The predicted molar refractivity (Wildman–Crippen MR) is 67.5 cm³/mol. The van der Waals surface area contributed by atoms with Crippen molar-refractivity contribution in [1.82, 2.24) is 0 Å². The molecule has 1 aromatic carbocycles. The largest absolute Gasteiger partial charge is 0.479 e. The van der Waals surface area contributed by atoms with Gasteiger partial charge in [0.15, 0.2) is 11.9 Å². The molecule has 2 heterocycles. The van der Waals surface area contributed by atoms with E-state index in [0.29, 0.717) is 11.3 Å². The lowest BCUT2D eigenvalue weighted by molar-refractivity contribution is -0.385. The average Bonchev–Trinajstić information content (AvgIpc) is 3.21. The zero-order valence-electron chi connectivity index (χ0n) is 11.4. The Balaban J connectivity index is 1.97. The van der Waals surface area contributed by atoms with Crippen LogP contribution in [-0.2, 0) is 14.2 Å². The number of methoxy groups -OCH3 is 2. The second-order valence-corrected chi connectivity index (χ2v) is 5.05. The number of rotatable bonds is 4. The molecule has 0 unspecified atom stereocenters. The summed E-state index contributed by atoms with van der Waals surface area (Å²) < 4.78 is 22.1. The zero-order chi connectivity index (χ0) is 14.5. The van der Waals surface area contributed by atoms with Gasteiger partial charge in [0.1, 0.15) is 18.0 Å². The van der Waals surface area contributed by atoms with E-state index < -0.39 is 16.8 Å². The molecule has 0 radical (unpaired) electrons. The standard InChI is InChI=1S/C13H15NO6/c1-13(12(17-2)18-3)11-10(19-11)8-6-7(14(15)16)4-5-9(8)20-13/h4-6,10-12H,1-3H3/t10-,11-,13+/m1/s1. The van der Waals surface area contributed by atoms with Crippen molar-refractivity contribution in [3.8, 4) is 5.75 Å². The van der Waals surface area contributed by atoms with Gasteiger partial charge in [0.2, 0.25) is 0 Å². The van der Waals surface area contributed by atoms with Gasteiger partial charge in [0, 0.05) is 31.9 Å². The SMILES string of the molecule is COC(OC)[C@@]1(C)Oc2ccc([N+](=O)[O-])cc2[C@H]2O[C@H]21. The summed E-state index contributed by atoms with van der Waals surface area (Å²) in [5.41, 5.74) is -0.0509. The summed E-state index contributed by atoms with van der Waals surface area (Å²) in [6.45, 7) is 1.85. The van der Waals surface area contributed by atoms with Crippen molar-refractivity contribution in [1.29, 1.82) is 0 Å². The van der Waals surface area contributed by atoms with Crippen molar-refractivity contribution in [3.63, 3.8) is 0 Å². The third-order valence-corrected chi connectivity index (χ3v) is 3.79. The molecule has 0 bridgehead atoms. The number of epoxide rings is 1. The molecule has 0 saturated carbocycles. The summed E-state index contributed by atoms with van der Waals surface area (Å²) in [5.74, 6) is 0.566. The molecule has 7 heteroatoms. The van der Waals surface area contributed by atoms with E-state index in [1.54, 1.807) is 6.07 Å². The molecule has 2 aliphatic heterocycles. The van der Waals surface area contributed by atoms with Crippen LogP contribution >= 0.6 is 0 Å². The number of benzene rings is 1. The lowest BCUT2D eigenvalue weighted by atomic mass is 9.91. The molecular formula is C13H15NO6. The number of ether oxygens (including phenoxy) is 4. The van der Waals surface area contributed by atoms with E-state index in [9.17, 15) is 10.1 Å². The molecule has 0 aliphatic carbocycles. The van der Waals surface area contributed by atoms with Crippen molar-refractivity contribution in [2.45, 2.75) is 31.0 Å². The van der Waals surface area contributed by atoms with Gasteiger partial charge in [0.25, 0.3) is 5.69 Å². The minimum absolute atomic E-state index is 0.0280. The first-order valence-electron chi connectivity index (χ1n) is 6.19. The van der Waals surface area contributed by atoms with E-state index in [1.807, 2.05) is 6.92 Å². The third-order valence-electron chi connectivity index (χ3n) is 3.79. The second kappa shape index (κ2) is 4.41. The number of nitro benzene ring substituents is 1. The number of non-ortho nitro benzene ring substituents is 1. The topological polar surface area (TPSA) is 83.4 Å². The molecule has 0 spiro atoms. The van der Waals surface area contributed by atoms with Crippen LogP contribution in [0.5, 0.6) is 5.75 Å². The highest BCUT2D eigenvalue weighted by Gasteiger charge is 2.63. The van der Waals surface area contributed by atoms with Crippen molar-refractivity contribution < 1.29 is 23.9 Å².